The highest BCUT2D eigenvalue weighted by Gasteiger charge is 2.31. The van der Waals surface area contributed by atoms with Gasteiger partial charge in [-0.1, -0.05) is 152 Å². The lowest BCUT2D eigenvalue weighted by molar-refractivity contribution is 1.02. The molecule has 270 valence electrons. The maximum Gasteiger partial charge on any atom is 0.160 e. The number of benzene rings is 9. The third-order valence-corrected chi connectivity index (χ3v) is 12.1. The van der Waals surface area contributed by atoms with Gasteiger partial charge in [0.05, 0.1) is 22.2 Å². The molecule has 58 heavy (non-hydrogen) atoms. The summed E-state index contributed by atoms with van der Waals surface area (Å²) in [5, 5.41) is 6.10. The van der Waals surface area contributed by atoms with E-state index in [-0.39, 0.29) is 5.92 Å². The van der Waals surface area contributed by atoms with E-state index in [0.717, 1.165) is 39.2 Å². The van der Waals surface area contributed by atoms with Crippen LogP contribution in [0.3, 0.4) is 0 Å². The van der Waals surface area contributed by atoms with Crippen LogP contribution in [-0.4, -0.2) is 14.5 Å². The molecule has 1 aliphatic carbocycles. The van der Waals surface area contributed by atoms with Gasteiger partial charge in [-0.15, -0.1) is 0 Å². The van der Waals surface area contributed by atoms with Crippen LogP contribution in [0.4, 0.5) is 0 Å². The van der Waals surface area contributed by atoms with Crippen LogP contribution in [0.1, 0.15) is 22.6 Å². The van der Waals surface area contributed by atoms with E-state index in [1.165, 1.54) is 71.5 Å². The highest BCUT2D eigenvalue weighted by molar-refractivity contribution is 6.11. The van der Waals surface area contributed by atoms with Crippen molar-refractivity contribution < 1.29 is 0 Å². The van der Waals surface area contributed by atoms with E-state index in [0.29, 0.717) is 0 Å². The van der Waals surface area contributed by atoms with Crippen molar-refractivity contribution >= 4 is 43.5 Å². The van der Waals surface area contributed by atoms with Gasteiger partial charge in [0, 0.05) is 38.9 Å². The van der Waals surface area contributed by atoms with Gasteiger partial charge in [-0.25, -0.2) is 9.97 Å². The lowest BCUT2D eigenvalue weighted by Gasteiger charge is -2.15. The molecule has 0 aliphatic heterocycles. The number of para-hydroxylation sites is 2. The van der Waals surface area contributed by atoms with Gasteiger partial charge in [0.1, 0.15) is 0 Å². The standard InChI is InChI=1S/C55H35N3/c1-3-14-36(15-4-1)52-44-30-26-39(34-48(44)53-42-18-8-7-13-35(42)25-31-46(52)53)40-27-32-51-47(33-40)43-19-10-12-22-50(43)58(51)41-28-23-38(24-29-41)55-56-49-21-11-9-20-45(49)54(57-55)37-16-5-2-6-17-37/h1-34,52H. The van der Waals surface area contributed by atoms with E-state index in [1.807, 2.05) is 12.1 Å². The summed E-state index contributed by atoms with van der Waals surface area (Å²) in [7, 11) is 0. The summed E-state index contributed by atoms with van der Waals surface area (Å²) in [4.78, 5) is 10.1. The molecule has 1 atom stereocenters. The smallest absolute Gasteiger partial charge is 0.160 e. The van der Waals surface area contributed by atoms with E-state index >= 15 is 0 Å². The normalized spacial score (nSPS) is 13.3. The van der Waals surface area contributed by atoms with Crippen LogP contribution in [0.15, 0.2) is 206 Å². The van der Waals surface area contributed by atoms with Crippen molar-refractivity contribution in [3.05, 3.63) is 223 Å². The lowest BCUT2D eigenvalue weighted by atomic mass is 9.88. The minimum Gasteiger partial charge on any atom is -0.309 e. The molecule has 0 radical (unpaired) electrons. The Hall–Kier alpha value is -7.62. The number of rotatable bonds is 5. The summed E-state index contributed by atoms with van der Waals surface area (Å²) >= 11 is 0. The van der Waals surface area contributed by atoms with Crippen molar-refractivity contribution in [1.29, 1.82) is 0 Å². The predicted octanol–water partition coefficient (Wildman–Crippen LogP) is 14.0. The van der Waals surface area contributed by atoms with Crippen LogP contribution in [0.2, 0.25) is 0 Å². The Kier molecular flexibility index (Phi) is 7.29. The zero-order valence-electron chi connectivity index (χ0n) is 31.5. The largest absolute Gasteiger partial charge is 0.309 e. The van der Waals surface area contributed by atoms with E-state index in [9.17, 15) is 0 Å². The van der Waals surface area contributed by atoms with Gasteiger partial charge < -0.3 is 4.57 Å². The third kappa shape index (κ3) is 5.07. The Balaban J connectivity index is 0.966. The third-order valence-electron chi connectivity index (χ3n) is 12.1. The predicted molar refractivity (Wildman–Crippen MR) is 241 cm³/mol. The van der Waals surface area contributed by atoms with Gasteiger partial charge in [0.2, 0.25) is 0 Å². The van der Waals surface area contributed by atoms with Gasteiger partial charge in [-0.2, -0.15) is 0 Å². The fourth-order valence-electron chi connectivity index (χ4n) is 9.42. The molecule has 2 heterocycles. The first-order chi connectivity index (χ1) is 28.8. The van der Waals surface area contributed by atoms with Crippen LogP contribution in [0, 0.1) is 0 Å². The molecule has 0 saturated heterocycles. The van der Waals surface area contributed by atoms with Gasteiger partial charge in [-0.3, -0.25) is 0 Å². The Morgan fingerprint density at radius 2 is 1.03 bits per heavy atom. The zero-order valence-corrected chi connectivity index (χ0v) is 31.5. The molecule has 0 spiro atoms. The van der Waals surface area contributed by atoms with Gasteiger partial charge in [0.15, 0.2) is 5.82 Å². The molecule has 0 saturated carbocycles. The molecule has 1 unspecified atom stereocenters. The topological polar surface area (TPSA) is 30.7 Å². The Labute approximate surface area is 336 Å². The molecular weight excluding hydrogens is 703 g/mol. The monoisotopic (exact) mass is 737 g/mol. The molecular formula is C55H35N3. The van der Waals surface area contributed by atoms with Crippen LogP contribution in [0.25, 0.3) is 94.1 Å². The van der Waals surface area contributed by atoms with E-state index in [2.05, 4.69) is 199 Å². The maximum atomic E-state index is 5.12. The summed E-state index contributed by atoms with van der Waals surface area (Å²) in [6, 6.07) is 74.5. The number of aromatic nitrogens is 3. The van der Waals surface area contributed by atoms with Crippen molar-refractivity contribution in [2.45, 2.75) is 5.92 Å². The van der Waals surface area contributed by atoms with Crippen molar-refractivity contribution in [1.82, 2.24) is 14.5 Å². The minimum atomic E-state index is 0.204. The Bertz CT molecular complexity index is 3380. The average molecular weight is 738 g/mol. The molecule has 12 rings (SSSR count). The van der Waals surface area contributed by atoms with Crippen molar-refractivity contribution in [3.63, 3.8) is 0 Å². The van der Waals surface area contributed by atoms with Gasteiger partial charge in [0.25, 0.3) is 0 Å². The van der Waals surface area contributed by atoms with Crippen LogP contribution < -0.4 is 0 Å². The second kappa shape index (κ2) is 13.0. The minimum absolute atomic E-state index is 0.204. The number of hydrogen-bond acceptors (Lipinski definition) is 2. The first-order valence-electron chi connectivity index (χ1n) is 19.9. The molecule has 9 aromatic carbocycles. The molecule has 3 nitrogen and oxygen atoms in total. The fourth-order valence-corrected chi connectivity index (χ4v) is 9.42. The molecule has 11 aromatic rings. The second-order valence-electron chi connectivity index (χ2n) is 15.3. The van der Waals surface area contributed by atoms with Gasteiger partial charge in [-0.05, 0) is 104 Å². The Morgan fingerprint density at radius 1 is 0.397 bits per heavy atom. The van der Waals surface area contributed by atoms with Gasteiger partial charge >= 0.3 is 0 Å². The quantitative estimate of drug-likeness (QED) is 0.176. The molecule has 0 fully saturated rings. The second-order valence-corrected chi connectivity index (χ2v) is 15.3. The summed E-state index contributed by atoms with van der Waals surface area (Å²) in [6.45, 7) is 0. The summed E-state index contributed by atoms with van der Waals surface area (Å²) in [5.74, 6) is 0.923. The summed E-state index contributed by atoms with van der Waals surface area (Å²) < 4.78 is 2.38. The van der Waals surface area contributed by atoms with Crippen LogP contribution in [0.5, 0.6) is 0 Å². The first-order valence-corrected chi connectivity index (χ1v) is 19.9. The number of nitrogens with zero attached hydrogens (tertiary/aromatic N) is 3. The molecule has 0 bridgehead atoms. The highest BCUT2D eigenvalue weighted by Crippen LogP contribution is 2.52. The lowest BCUT2D eigenvalue weighted by Crippen LogP contribution is -1.98. The fraction of sp³-hybridized carbons (Fsp3) is 0.0182. The van der Waals surface area contributed by atoms with E-state index in [4.69, 9.17) is 9.97 Å². The van der Waals surface area contributed by atoms with Crippen molar-refractivity contribution in [3.8, 4) is 50.6 Å². The molecule has 1 aliphatic rings. The molecule has 0 amide bonds. The zero-order chi connectivity index (χ0) is 38.2. The average Bonchev–Trinajstić information content (AvgIpc) is 3.82. The highest BCUT2D eigenvalue weighted by atomic mass is 15.0. The van der Waals surface area contributed by atoms with Crippen molar-refractivity contribution in [2.24, 2.45) is 0 Å². The summed E-state index contributed by atoms with van der Waals surface area (Å²) in [5.41, 5.74) is 16.6. The summed E-state index contributed by atoms with van der Waals surface area (Å²) in [6.07, 6.45) is 0. The van der Waals surface area contributed by atoms with Crippen LogP contribution >= 0.6 is 0 Å². The maximum absolute atomic E-state index is 5.12. The molecule has 2 aromatic heterocycles. The van der Waals surface area contributed by atoms with E-state index < -0.39 is 0 Å². The Morgan fingerprint density at radius 3 is 1.88 bits per heavy atom. The first kappa shape index (κ1) is 32.6. The number of fused-ring (bicyclic) bond motifs is 9. The molecule has 0 N–H and O–H groups in total. The molecule has 3 heteroatoms. The SMILES string of the molecule is c1ccc(-c2nc(-c3ccc(-n4c5ccccc5c5cc(-c6ccc7c(c6)-c6c(ccc8ccccc68)C7c6ccccc6)ccc54)cc3)nc3ccccc23)cc1. The van der Waals surface area contributed by atoms with Crippen LogP contribution in [-0.2, 0) is 0 Å². The van der Waals surface area contributed by atoms with Crippen molar-refractivity contribution in [2.75, 3.05) is 0 Å². The number of hydrogen-bond donors (Lipinski definition) is 0. The van der Waals surface area contributed by atoms with E-state index in [1.54, 1.807) is 0 Å².